The summed E-state index contributed by atoms with van der Waals surface area (Å²) >= 11 is 0. The van der Waals surface area contributed by atoms with Crippen LogP contribution in [0.4, 0.5) is 0 Å². The molecule has 0 aromatic heterocycles. The number of hydrogen-bond acceptors (Lipinski definition) is 3. The van der Waals surface area contributed by atoms with Crippen LogP contribution in [-0.4, -0.2) is 26.2 Å². The molecule has 0 aliphatic carbocycles. The summed E-state index contributed by atoms with van der Waals surface area (Å²) in [7, 11) is 0. The first-order chi connectivity index (χ1) is 7.41. The van der Waals surface area contributed by atoms with E-state index in [1.165, 1.54) is 44.9 Å². The number of nitrogens with one attached hydrogen (secondary N) is 1. The predicted molar refractivity (Wildman–Crippen MR) is 67.9 cm³/mol. The normalized spacial score (nSPS) is 10.8. The van der Waals surface area contributed by atoms with Gasteiger partial charge in [0.1, 0.15) is 0 Å². The fraction of sp³-hybridized carbons (Fsp3) is 1.00. The Balaban J connectivity index is 2.81. The maximum atomic E-state index is 5.43. The van der Waals surface area contributed by atoms with Crippen molar-refractivity contribution < 1.29 is 0 Å². The number of unbranched alkanes of at least 4 members (excludes halogenated alkanes) is 6. The summed E-state index contributed by atoms with van der Waals surface area (Å²) in [5, 5.41) is 3.40. The summed E-state index contributed by atoms with van der Waals surface area (Å²) in [5.41, 5.74) is 10.8. The lowest BCUT2D eigenvalue weighted by Crippen LogP contribution is -2.19. The van der Waals surface area contributed by atoms with E-state index in [0.29, 0.717) is 0 Å². The fourth-order valence-corrected chi connectivity index (χ4v) is 1.63. The highest BCUT2D eigenvalue weighted by molar-refractivity contribution is 4.51. The molecule has 0 spiro atoms. The van der Waals surface area contributed by atoms with E-state index in [-0.39, 0.29) is 0 Å². The standard InChI is InChI=1S/C12H29N3/c13-9-6-4-2-1-3-5-7-11-15-12-8-10-14/h15H,1-14H2. The van der Waals surface area contributed by atoms with Gasteiger partial charge in [-0.2, -0.15) is 0 Å². The summed E-state index contributed by atoms with van der Waals surface area (Å²) in [6.45, 7) is 3.88. The fourth-order valence-electron chi connectivity index (χ4n) is 1.63. The van der Waals surface area contributed by atoms with Crippen molar-refractivity contribution in [1.29, 1.82) is 0 Å². The average Bonchev–Trinajstić information content (AvgIpc) is 2.26. The van der Waals surface area contributed by atoms with Crippen molar-refractivity contribution in [1.82, 2.24) is 5.32 Å². The molecule has 0 aromatic rings. The maximum absolute atomic E-state index is 5.43. The smallest absolute Gasteiger partial charge is 0.00369 e. The topological polar surface area (TPSA) is 64.1 Å². The molecule has 0 fully saturated rings. The molecule has 0 aliphatic heterocycles. The van der Waals surface area contributed by atoms with Gasteiger partial charge >= 0.3 is 0 Å². The quantitative estimate of drug-likeness (QED) is 0.433. The third kappa shape index (κ3) is 13.9. The number of rotatable bonds is 12. The van der Waals surface area contributed by atoms with Crippen LogP contribution < -0.4 is 16.8 Å². The molecule has 0 atom stereocenters. The van der Waals surface area contributed by atoms with Crippen molar-refractivity contribution >= 4 is 0 Å². The van der Waals surface area contributed by atoms with Gasteiger partial charge in [-0.25, -0.2) is 0 Å². The van der Waals surface area contributed by atoms with Gasteiger partial charge in [-0.3, -0.25) is 0 Å². The van der Waals surface area contributed by atoms with Crippen LogP contribution in [0, 0.1) is 0 Å². The Morgan fingerprint density at radius 1 is 0.533 bits per heavy atom. The van der Waals surface area contributed by atoms with Gasteiger partial charge in [0.05, 0.1) is 0 Å². The molecule has 5 N–H and O–H groups in total. The van der Waals surface area contributed by atoms with Crippen molar-refractivity contribution in [3.63, 3.8) is 0 Å². The molecule has 0 rings (SSSR count). The second-order valence-electron chi connectivity index (χ2n) is 4.16. The lowest BCUT2D eigenvalue weighted by molar-refractivity contribution is 0.555. The van der Waals surface area contributed by atoms with Crippen LogP contribution in [0.2, 0.25) is 0 Å². The number of nitrogens with two attached hydrogens (primary N) is 2. The monoisotopic (exact) mass is 215 g/mol. The Kier molecular flexibility index (Phi) is 13.8. The minimum Gasteiger partial charge on any atom is -0.330 e. The van der Waals surface area contributed by atoms with Gasteiger partial charge < -0.3 is 16.8 Å². The van der Waals surface area contributed by atoms with Crippen LogP contribution in [0.3, 0.4) is 0 Å². The van der Waals surface area contributed by atoms with E-state index in [4.69, 9.17) is 11.5 Å². The second kappa shape index (κ2) is 13.9. The Labute approximate surface area is 95.0 Å². The van der Waals surface area contributed by atoms with Crippen LogP contribution >= 0.6 is 0 Å². The zero-order valence-electron chi connectivity index (χ0n) is 10.1. The molecule has 0 aromatic carbocycles. The molecular formula is C12H29N3. The zero-order valence-corrected chi connectivity index (χ0v) is 10.1. The Morgan fingerprint density at radius 2 is 1.00 bits per heavy atom. The van der Waals surface area contributed by atoms with Crippen LogP contribution in [-0.2, 0) is 0 Å². The maximum Gasteiger partial charge on any atom is -0.00369 e. The van der Waals surface area contributed by atoms with Gasteiger partial charge in [0, 0.05) is 0 Å². The molecule has 0 bridgehead atoms. The molecule has 3 heteroatoms. The molecule has 3 nitrogen and oxygen atoms in total. The summed E-state index contributed by atoms with van der Waals surface area (Å²) < 4.78 is 0. The van der Waals surface area contributed by atoms with E-state index < -0.39 is 0 Å². The molecule has 15 heavy (non-hydrogen) atoms. The van der Waals surface area contributed by atoms with Crippen LogP contribution in [0.25, 0.3) is 0 Å². The van der Waals surface area contributed by atoms with E-state index in [9.17, 15) is 0 Å². The van der Waals surface area contributed by atoms with Gasteiger partial charge in [-0.1, -0.05) is 32.1 Å². The molecular weight excluding hydrogens is 186 g/mol. The van der Waals surface area contributed by atoms with E-state index in [0.717, 1.165) is 32.6 Å². The molecule has 0 radical (unpaired) electrons. The largest absolute Gasteiger partial charge is 0.330 e. The first-order valence-corrected chi connectivity index (χ1v) is 6.52. The molecule has 0 saturated heterocycles. The molecule has 0 aliphatic rings. The first-order valence-electron chi connectivity index (χ1n) is 6.52. The van der Waals surface area contributed by atoms with Gasteiger partial charge in [0.25, 0.3) is 0 Å². The SMILES string of the molecule is NCCCCCCCCCNCCCN. The van der Waals surface area contributed by atoms with Gasteiger partial charge in [0.2, 0.25) is 0 Å². The summed E-state index contributed by atoms with van der Waals surface area (Å²) in [5.74, 6) is 0. The highest BCUT2D eigenvalue weighted by atomic mass is 14.8. The molecule has 92 valence electrons. The van der Waals surface area contributed by atoms with Crippen LogP contribution in [0.1, 0.15) is 51.4 Å². The minimum absolute atomic E-state index is 0.800. The Hall–Kier alpha value is -0.120. The minimum atomic E-state index is 0.800. The number of hydrogen-bond donors (Lipinski definition) is 3. The third-order valence-electron chi connectivity index (χ3n) is 2.62. The summed E-state index contributed by atoms with van der Waals surface area (Å²) in [4.78, 5) is 0. The van der Waals surface area contributed by atoms with Crippen molar-refractivity contribution in [2.45, 2.75) is 51.4 Å². The van der Waals surface area contributed by atoms with Crippen molar-refractivity contribution in [3.8, 4) is 0 Å². The average molecular weight is 215 g/mol. The third-order valence-corrected chi connectivity index (χ3v) is 2.62. The second-order valence-corrected chi connectivity index (χ2v) is 4.16. The lowest BCUT2D eigenvalue weighted by Gasteiger charge is -2.03. The highest BCUT2D eigenvalue weighted by Gasteiger charge is 1.91. The van der Waals surface area contributed by atoms with Crippen LogP contribution in [0.15, 0.2) is 0 Å². The van der Waals surface area contributed by atoms with Gasteiger partial charge in [-0.05, 0) is 45.4 Å². The molecule has 0 heterocycles. The van der Waals surface area contributed by atoms with E-state index >= 15 is 0 Å². The van der Waals surface area contributed by atoms with E-state index in [2.05, 4.69) is 5.32 Å². The zero-order chi connectivity index (χ0) is 11.2. The van der Waals surface area contributed by atoms with Crippen molar-refractivity contribution in [2.24, 2.45) is 11.5 Å². The summed E-state index contributed by atoms with van der Waals surface area (Å²) in [6.07, 6.45) is 10.4. The Bertz CT molecular complexity index is 95.0. The first kappa shape index (κ1) is 14.9. The molecule has 0 saturated carbocycles. The molecule has 0 unspecified atom stereocenters. The predicted octanol–water partition coefficient (Wildman–Crippen LogP) is 1.61. The van der Waals surface area contributed by atoms with E-state index in [1.807, 2.05) is 0 Å². The molecule has 0 amide bonds. The van der Waals surface area contributed by atoms with Crippen LogP contribution in [0.5, 0.6) is 0 Å². The lowest BCUT2D eigenvalue weighted by atomic mass is 10.1. The highest BCUT2D eigenvalue weighted by Crippen LogP contribution is 2.05. The van der Waals surface area contributed by atoms with Crippen molar-refractivity contribution in [3.05, 3.63) is 0 Å². The van der Waals surface area contributed by atoms with E-state index in [1.54, 1.807) is 0 Å². The van der Waals surface area contributed by atoms with Gasteiger partial charge in [0.15, 0.2) is 0 Å². The van der Waals surface area contributed by atoms with Gasteiger partial charge in [-0.15, -0.1) is 0 Å². The summed E-state index contributed by atoms with van der Waals surface area (Å²) in [6, 6.07) is 0. The van der Waals surface area contributed by atoms with Crippen molar-refractivity contribution in [2.75, 3.05) is 26.2 Å². The Morgan fingerprint density at radius 3 is 1.60 bits per heavy atom.